The summed E-state index contributed by atoms with van der Waals surface area (Å²) in [6.07, 6.45) is 0. The largest absolute Gasteiger partial charge is 2.00 e. The van der Waals surface area contributed by atoms with Crippen molar-refractivity contribution >= 4 is 23.4 Å². The molecule has 0 spiro atoms. The number of hydrogen-bond acceptors (Lipinski definition) is 3. The van der Waals surface area contributed by atoms with Crippen LogP contribution in [0.3, 0.4) is 0 Å². The molecule has 0 bridgehead atoms. The van der Waals surface area contributed by atoms with Gasteiger partial charge in [0.15, 0.2) is 5.43 Å². The number of benzene rings is 1. The van der Waals surface area contributed by atoms with Gasteiger partial charge in [-0.1, -0.05) is 31.4 Å². The van der Waals surface area contributed by atoms with Gasteiger partial charge in [0.05, 0.1) is 5.56 Å². The van der Waals surface area contributed by atoms with Crippen molar-refractivity contribution in [2.24, 2.45) is 0 Å². The molecule has 0 atom stereocenters. The van der Waals surface area contributed by atoms with Crippen LogP contribution < -0.4 is 5.43 Å². The fourth-order valence-corrected chi connectivity index (χ4v) is 1.31. The zero-order chi connectivity index (χ0) is 16.0. The van der Waals surface area contributed by atoms with Crippen molar-refractivity contribution in [3.63, 3.8) is 0 Å². The topological polar surface area (TPSA) is 155 Å². The summed E-state index contributed by atoms with van der Waals surface area (Å²) >= 11 is 0. The van der Waals surface area contributed by atoms with Crippen molar-refractivity contribution in [3.05, 3.63) is 84.2 Å². The van der Waals surface area contributed by atoms with Gasteiger partial charge >= 0.3 is 54.1 Å². The molecular formula is C16H21N3O5Rf2W2. The van der Waals surface area contributed by atoms with Crippen LogP contribution in [-0.4, -0.2) is 27.1 Å². The first kappa shape index (κ1) is 44.0. The Balaban J connectivity index is -0.0000000505. The van der Waals surface area contributed by atoms with Gasteiger partial charge in [-0.2, -0.15) is 0 Å². The minimum Gasteiger partial charge on any atom is -0.699 e. The Kier molecular flexibility index (Phi) is 30.5. The Bertz CT molecular complexity index is 746. The zero-order valence-electron chi connectivity index (χ0n) is 14.8. The van der Waals surface area contributed by atoms with Crippen LogP contribution in [0.25, 0.3) is 11.5 Å². The second-order valence-corrected chi connectivity index (χ2v) is 3.83. The summed E-state index contributed by atoms with van der Waals surface area (Å²) in [6, 6.07) is 7.79. The van der Waals surface area contributed by atoms with Crippen LogP contribution in [0.15, 0.2) is 41.2 Å². The van der Waals surface area contributed by atoms with Crippen molar-refractivity contribution in [1.82, 2.24) is 4.98 Å². The monoisotopic (exact) mass is 1240 g/mol. The van der Waals surface area contributed by atoms with Gasteiger partial charge < -0.3 is 41.5 Å². The molecule has 0 unspecified atom stereocenters. The van der Waals surface area contributed by atoms with Crippen LogP contribution in [0, 0.1) is 14.9 Å². The SMILES string of the molecule is C.[CH3-].[CH3-].[NH-]c1cc(=O)cc(C(=O)O)[nH]1.[NH-]c1cccc(C(=O)O)c1.[Rf].[Rf].[W+2].[W+2]. The van der Waals surface area contributed by atoms with Crippen molar-refractivity contribution in [2.75, 3.05) is 0 Å². The number of hydrogen-bond donors (Lipinski definition) is 3. The Morgan fingerprint density at radius 3 is 1.71 bits per heavy atom. The molecule has 0 fully saturated rings. The summed E-state index contributed by atoms with van der Waals surface area (Å²) in [6.45, 7) is 0. The molecule has 2 aromatic rings. The van der Waals surface area contributed by atoms with Gasteiger partial charge in [0, 0.05) is 5.69 Å². The molecule has 0 amide bonds. The number of H-pyrrole nitrogens is 1. The minimum atomic E-state index is -1.24. The molecule has 5 N–H and O–H groups in total. The fourth-order valence-electron chi connectivity index (χ4n) is 1.31. The van der Waals surface area contributed by atoms with Crippen molar-refractivity contribution < 1.29 is 61.9 Å². The number of aromatic nitrogens is 1. The molecule has 0 aliphatic heterocycles. The van der Waals surface area contributed by atoms with Crippen LogP contribution in [0.1, 0.15) is 28.3 Å². The number of aromatic carboxylic acids is 2. The van der Waals surface area contributed by atoms with Crippen molar-refractivity contribution in [2.45, 2.75) is 7.43 Å². The molecule has 0 aliphatic rings. The predicted molar refractivity (Wildman–Crippen MR) is 94.9 cm³/mol. The van der Waals surface area contributed by atoms with Crippen LogP contribution in [0.4, 0.5) is 11.5 Å². The Morgan fingerprint density at radius 1 is 0.893 bits per heavy atom. The molecular weight excluding hydrogens is 1220 g/mol. The number of carboxylic acid groups (broad SMARTS) is 2. The summed E-state index contributed by atoms with van der Waals surface area (Å²) in [5.41, 5.74) is 13.7. The van der Waals surface area contributed by atoms with Crippen LogP contribution >= 0.6 is 0 Å². The Hall–Kier alpha value is -3.91. The molecule has 0 radical (unpaired) electrons. The third-order valence-electron chi connectivity index (χ3n) is 2.18. The van der Waals surface area contributed by atoms with Crippen molar-refractivity contribution in [3.8, 4) is 0 Å². The number of carbonyl (C=O) groups is 2. The summed E-state index contributed by atoms with van der Waals surface area (Å²) in [4.78, 5) is 33.3. The first-order valence-electron chi connectivity index (χ1n) is 5.54. The van der Waals surface area contributed by atoms with E-state index in [4.69, 9.17) is 21.7 Å². The number of carboxylic acids is 2. The molecule has 1 heterocycles. The van der Waals surface area contributed by atoms with E-state index in [0.717, 1.165) is 12.1 Å². The van der Waals surface area contributed by atoms with E-state index in [1.807, 2.05) is 0 Å². The Morgan fingerprint density at radius 2 is 1.39 bits per heavy atom. The van der Waals surface area contributed by atoms with E-state index in [0.29, 0.717) is 0 Å². The van der Waals surface area contributed by atoms with E-state index in [2.05, 4.69) is 4.98 Å². The number of aromatic amines is 1. The maximum Gasteiger partial charge on any atom is 2.00 e. The molecule has 12 heteroatoms. The van der Waals surface area contributed by atoms with E-state index < -0.39 is 17.4 Å². The molecule has 146 valence electrons. The van der Waals surface area contributed by atoms with Gasteiger partial charge in [0.25, 0.3) is 0 Å². The van der Waals surface area contributed by atoms with Gasteiger partial charge in [-0.15, -0.1) is 5.69 Å². The normalized spacial score (nSPS) is 7.00. The maximum absolute atomic E-state index is 10.6. The third kappa shape index (κ3) is 14.4. The molecule has 1 aromatic heterocycles. The Labute approximate surface area is 181 Å². The average molecular weight is 1240 g/mol. The predicted octanol–water partition coefficient (Wildman–Crippen LogP) is 4.36. The summed E-state index contributed by atoms with van der Waals surface area (Å²) in [7, 11) is 0. The van der Waals surface area contributed by atoms with Gasteiger partial charge in [-0.05, 0) is 18.2 Å². The quantitative estimate of drug-likeness (QED) is 0.382. The van der Waals surface area contributed by atoms with Gasteiger partial charge in [-0.25, -0.2) is 9.59 Å². The maximum atomic E-state index is 10.6. The van der Waals surface area contributed by atoms with Gasteiger partial charge in [0.1, 0.15) is 0 Å². The zero-order valence-corrected chi connectivity index (χ0v) is 33.5. The number of nitrogens with one attached hydrogen (secondary N) is 3. The summed E-state index contributed by atoms with van der Waals surface area (Å²) in [5.74, 6) is -2.43. The first-order valence-corrected chi connectivity index (χ1v) is 5.54. The van der Waals surface area contributed by atoms with Gasteiger partial charge in [-0.3, -0.25) is 4.79 Å². The van der Waals surface area contributed by atoms with E-state index in [1.54, 1.807) is 6.07 Å². The van der Waals surface area contributed by atoms with Crippen LogP contribution in [0.5, 0.6) is 0 Å². The molecule has 0 saturated heterocycles. The molecule has 0 aliphatic carbocycles. The van der Waals surface area contributed by atoms with Crippen molar-refractivity contribution in [1.29, 1.82) is 0 Å². The minimum absolute atomic E-state index is 0. The molecule has 2 rings (SSSR count). The first-order chi connectivity index (χ1) is 9.79. The van der Waals surface area contributed by atoms with Crippen LogP contribution in [-0.2, 0) is 42.1 Å². The fraction of sp³-hybridized carbons (Fsp3) is 0.0625. The summed E-state index contributed by atoms with van der Waals surface area (Å²) < 4.78 is 0. The van der Waals surface area contributed by atoms with Crippen LogP contribution in [0.2, 0.25) is 0 Å². The van der Waals surface area contributed by atoms with E-state index in [9.17, 15) is 14.4 Å². The number of pyridine rings is 1. The van der Waals surface area contributed by atoms with E-state index in [1.165, 1.54) is 18.2 Å². The molecule has 28 heavy (non-hydrogen) atoms. The third-order valence-corrected chi connectivity index (χ3v) is 2.18. The standard InChI is InChI=1S/C7H6NO2.C6H6N2O3.CH4.2CH3.2Rf.2W/c8-6-3-1-2-5(4-6)7(9)10;7-5-2-3(9)1-4(8-5)6(10)11;;;;;;;/h1-4,8H,(H,9,10);1-2H,(H4,7,8,9,10,11);1H4;2*1H3;;;;/q-1;;;2*-1;;;2*+2/p-1. The second-order valence-electron chi connectivity index (χ2n) is 3.83. The molecule has 1 aromatic carbocycles. The molecule has 8 nitrogen and oxygen atoms in total. The molecule has 0 saturated carbocycles. The smallest absolute Gasteiger partial charge is 0.699 e. The van der Waals surface area contributed by atoms with E-state index in [-0.39, 0.29) is 87.2 Å². The second kappa shape index (κ2) is 19.4. The van der Waals surface area contributed by atoms with Gasteiger partial charge in [0.2, 0.25) is 0 Å². The summed E-state index contributed by atoms with van der Waals surface area (Å²) in [5, 5.41) is 16.8. The number of rotatable bonds is 2. The van der Waals surface area contributed by atoms with E-state index >= 15 is 0 Å². The average Bonchev–Trinajstić information content (AvgIpc) is 2.38.